The Morgan fingerprint density at radius 1 is 0.970 bits per heavy atom. The van der Waals surface area contributed by atoms with Crippen LogP contribution in [-0.2, 0) is 14.3 Å². The fourth-order valence-electron chi connectivity index (χ4n) is 3.35. The van der Waals surface area contributed by atoms with E-state index in [0.29, 0.717) is 11.3 Å². The van der Waals surface area contributed by atoms with Gasteiger partial charge in [-0.15, -0.1) is 0 Å². The zero-order chi connectivity index (χ0) is 23.6. The number of carbonyl (C=O) groups is 3. The summed E-state index contributed by atoms with van der Waals surface area (Å²) in [5.41, 5.74) is 2.85. The first-order chi connectivity index (χ1) is 16.0. The van der Waals surface area contributed by atoms with Crippen LogP contribution in [0.2, 0.25) is 0 Å². The maximum Gasteiger partial charge on any atom is 0.361 e. The minimum Gasteiger partial charge on any atom is -0.465 e. The van der Waals surface area contributed by atoms with Crippen molar-refractivity contribution < 1.29 is 24.4 Å². The van der Waals surface area contributed by atoms with Crippen molar-refractivity contribution in [1.82, 2.24) is 5.32 Å². The minimum absolute atomic E-state index is 0.114. The molecule has 4 N–H and O–H groups in total. The second-order valence-corrected chi connectivity index (χ2v) is 8.15. The molecule has 0 spiro atoms. The number of hydrogen-bond donors (Lipinski definition) is 3. The van der Waals surface area contributed by atoms with Crippen LogP contribution in [0.3, 0.4) is 0 Å². The number of esters is 1. The molecule has 0 saturated heterocycles. The van der Waals surface area contributed by atoms with Gasteiger partial charge in [-0.25, -0.2) is 4.79 Å². The summed E-state index contributed by atoms with van der Waals surface area (Å²) in [7, 11) is 1.35. The summed E-state index contributed by atoms with van der Waals surface area (Å²) in [4.78, 5) is 36.7. The highest BCUT2D eigenvalue weighted by molar-refractivity contribution is 9.10. The molecule has 33 heavy (non-hydrogen) atoms. The van der Waals surface area contributed by atoms with E-state index >= 15 is 0 Å². The highest BCUT2D eigenvalue weighted by Crippen LogP contribution is 2.29. The number of carbonyl (C=O) groups excluding carboxylic acids is 3. The van der Waals surface area contributed by atoms with Crippen LogP contribution in [0.15, 0.2) is 83.3 Å². The van der Waals surface area contributed by atoms with Gasteiger partial charge in [-0.2, -0.15) is 0 Å². The van der Waals surface area contributed by atoms with Crippen molar-refractivity contribution in [3.63, 3.8) is 0 Å². The van der Waals surface area contributed by atoms with Crippen molar-refractivity contribution in [2.24, 2.45) is 0 Å². The quantitative estimate of drug-likeness (QED) is 0.385. The Bertz CT molecular complexity index is 1110. The molecule has 0 fully saturated rings. The summed E-state index contributed by atoms with van der Waals surface area (Å²) >= 11 is 3.50. The molecule has 8 heteroatoms. The van der Waals surface area contributed by atoms with E-state index in [1.54, 1.807) is 30.3 Å². The predicted molar refractivity (Wildman–Crippen MR) is 129 cm³/mol. The lowest BCUT2D eigenvalue weighted by Crippen LogP contribution is -2.87. The largest absolute Gasteiger partial charge is 0.465 e. The Morgan fingerprint density at radius 2 is 1.64 bits per heavy atom. The number of halogens is 1. The third-order valence-electron chi connectivity index (χ3n) is 4.97. The first-order valence-electron chi connectivity index (χ1n) is 10.4. The zero-order valence-corrected chi connectivity index (χ0v) is 19.7. The minimum atomic E-state index is -0.359. The number of methoxy groups -OCH3 is 1. The normalized spacial score (nSPS) is 11.3. The second kappa shape index (κ2) is 11.9. The summed E-state index contributed by atoms with van der Waals surface area (Å²) in [6.07, 6.45) is 0. The molecule has 0 heterocycles. The van der Waals surface area contributed by atoms with Gasteiger partial charge in [-0.1, -0.05) is 64.5 Å². The molecule has 2 amide bonds. The lowest BCUT2D eigenvalue weighted by Gasteiger charge is -2.20. The molecule has 0 aliphatic carbocycles. The van der Waals surface area contributed by atoms with Crippen LogP contribution in [0.5, 0.6) is 0 Å². The number of nitrogens with one attached hydrogen (secondary N) is 2. The third kappa shape index (κ3) is 7.00. The average Bonchev–Trinajstić information content (AvgIpc) is 2.85. The molecule has 3 aromatic rings. The van der Waals surface area contributed by atoms with Crippen LogP contribution in [0.1, 0.15) is 27.5 Å². The molecule has 0 aliphatic heterocycles. The molecular formula is C25H25BrN3O4+. The van der Waals surface area contributed by atoms with E-state index in [1.807, 2.05) is 53.8 Å². The number of amides is 2. The Labute approximate surface area is 200 Å². The maximum absolute atomic E-state index is 12.6. The molecule has 0 aliphatic rings. The van der Waals surface area contributed by atoms with Crippen molar-refractivity contribution >= 4 is 39.4 Å². The van der Waals surface area contributed by atoms with Crippen LogP contribution in [0, 0.1) is 0 Å². The fourth-order valence-corrected chi connectivity index (χ4v) is 3.73. The van der Waals surface area contributed by atoms with Crippen molar-refractivity contribution in [3.05, 3.63) is 100 Å². The Morgan fingerprint density at radius 3 is 2.30 bits per heavy atom. The smallest absolute Gasteiger partial charge is 0.361 e. The Hall–Kier alpha value is -3.49. The number of hydrogen-bond acceptors (Lipinski definition) is 4. The van der Waals surface area contributed by atoms with Crippen LogP contribution in [-0.4, -0.2) is 38.0 Å². The molecule has 0 bridgehead atoms. The Balaban J connectivity index is 1.79. The van der Waals surface area contributed by atoms with Gasteiger partial charge in [0.1, 0.15) is 6.04 Å². The van der Waals surface area contributed by atoms with Crippen molar-refractivity contribution in [2.75, 3.05) is 25.5 Å². The van der Waals surface area contributed by atoms with Crippen molar-refractivity contribution in [3.8, 4) is 0 Å². The summed E-state index contributed by atoms with van der Waals surface area (Å²) in [5, 5.41) is 7.37. The number of anilines is 1. The second-order valence-electron chi connectivity index (χ2n) is 7.23. The highest BCUT2D eigenvalue weighted by Gasteiger charge is 2.23. The maximum atomic E-state index is 12.6. The molecule has 1 atom stereocenters. The predicted octanol–water partition coefficient (Wildman–Crippen LogP) is 2.64. The van der Waals surface area contributed by atoms with E-state index < -0.39 is 0 Å². The van der Waals surface area contributed by atoms with E-state index in [4.69, 9.17) is 4.74 Å². The topological polar surface area (TPSA) is 101 Å². The van der Waals surface area contributed by atoms with Crippen molar-refractivity contribution in [1.29, 1.82) is 0 Å². The summed E-state index contributed by atoms with van der Waals surface area (Å²) in [6, 6.07) is 23.6. The number of quaternary nitrogens is 1. The monoisotopic (exact) mass is 510 g/mol. The highest BCUT2D eigenvalue weighted by atomic mass is 79.9. The number of rotatable bonds is 9. The molecule has 7 nitrogen and oxygen atoms in total. The van der Waals surface area contributed by atoms with Gasteiger partial charge in [0, 0.05) is 21.2 Å². The summed E-state index contributed by atoms with van der Waals surface area (Å²) in [5.74, 6) is -1.03. The molecule has 3 aromatic carbocycles. The van der Waals surface area contributed by atoms with Crippen LogP contribution >= 0.6 is 15.9 Å². The molecule has 1 unspecified atom stereocenters. The number of nitrogens with two attached hydrogens (primary N) is 1. The van der Waals surface area contributed by atoms with E-state index in [0.717, 1.165) is 15.6 Å². The number of benzene rings is 3. The van der Waals surface area contributed by atoms with Gasteiger partial charge >= 0.3 is 5.97 Å². The fraction of sp³-hybridized carbons (Fsp3) is 0.160. The van der Waals surface area contributed by atoms with Crippen LogP contribution in [0.4, 0.5) is 5.69 Å². The molecule has 0 saturated carbocycles. The van der Waals surface area contributed by atoms with Gasteiger partial charge < -0.3 is 20.7 Å². The van der Waals surface area contributed by atoms with Gasteiger partial charge in [0.05, 0.1) is 19.3 Å². The molecule has 0 radical (unpaired) electrons. The Kier molecular flexibility index (Phi) is 8.74. The first kappa shape index (κ1) is 24.2. The number of ether oxygens (including phenoxy) is 1. The van der Waals surface area contributed by atoms with Gasteiger partial charge in [0.15, 0.2) is 6.54 Å². The molecule has 170 valence electrons. The third-order valence-corrected chi connectivity index (χ3v) is 5.47. The van der Waals surface area contributed by atoms with Crippen LogP contribution < -0.4 is 16.0 Å². The van der Waals surface area contributed by atoms with E-state index in [2.05, 4.69) is 26.6 Å². The van der Waals surface area contributed by atoms with E-state index in [9.17, 15) is 14.4 Å². The first-order valence-corrected chi connectivity index (χ1v) is 11.1. The van der Waals surface area contributed by atoms with Gasteiger partial charge in [0.2, 0.25) is 5.91 Å². The lowest BCUT2D eigenvalue weighted by atomic mass is 9.97. The summed E-state index contributed by atoms with van der Waals surface area (Å²) in [6.45, 7) is -0.0613. The zero-order valence-electron chi connectivity index (χ0n) is 18.1. The molecule has 3 rings (SSSR count). The molecule has 0 aromatic heterocycles. The lowest BCUT2D eigenvalue weighted by molar-refractivity contribution is -0.677. The summed E-state index contributed by atoms with van der Waals surface area (Å²) < 4.78 is 5.63. The van der Waals surface area contributed by atoms with Crippen molar-refractivity contribution in [2.45, 2.75) is 6.04 Å². The average molecular weight is 511 g/mol. The van der Waals surface area contributed by atoms with Crippen LogP contribution in [0.25, 0.3) is 0 Å². The standard InChI is InChI=1S/C25H24BrN3O4/c1-33-23(31)16-27-24(17-8-4-2-5-9-17)20-14-19(26)12-13-21(20)29-22(30)15-28-25(32)18-10-6-3-7-11-18/h2-14,24,27H,15-16H2,1H3,(H,28,32)(H,29,30)/p+1. The van der Waals surface area contributed by atoms with Gasteiger partial charge in [-0.3, -0.25) is 9.59 Å². The van der Waals surface area contributed by atoms with E-state index in [1.165, 1.54) is 7.11 Å². The van der Waals surface area contributed by atoms with Gasteiger partial charge in [0.25, 0.3) is 5.91 Å². The van der Waals surface area contributed by atoms with Gasteiger partial charge in [-0.05, 0) is 30.3 Å². The van der Waals surface area contributed by atoms with E-state index in [-0.39, 0.29) is 36.9 Å². The SMILES string of the molecule is COC(=O)C[NH2+]C(c1ccccc1)c1cc(Br)ccc1NC(=O)CNC(=O)c1ccccc1. The molecular weight excluding hydrogens is 486 g/mol.